The lowest BCUT2D eigenvalue weighted by Crippen LogP contribution is -2.45. The number of sulfonamides is 1. The van der Waals surface area contributed by atoms with Gasteiger partial charge in [0.25, 0.3) is 0 Å². The predicted octanol–water partition coefficient (Wildman–Crippen LogP) is -0.734. The fourth-order valence-corrected chi connectivity index (χ4v) is 2.87. The SMILES string of the molecule is CCOCCS(=O)(=O)NCC(=O)N1CCC(C(=O)O)CC1. The van der Waals surface area contributed by atoms with Gasteiger partial charge in [0.15, 0.2) is 0 Å². The standard InChI is InChI=1S/C12H22N2O6S/c1-2-20-7-8-21(18,19)13-9-11(15)14-5-3-10(4-6-14)12(16)17/h10,13H,2-9H2,1H3,(H,16,17). The molecule has 1 rings (SSSR count). The Hall–Kier alpha value is -1.19. The normalized spacial score (nSPS) is 16.9. The van der Waals surface area contributed by atoms with Crippen LogP contribution in [0.2, 0.25) is 0 Å². The average molecular weight is 322 g/mol. The number of amides is 1. The van der Waals surface area contributed by atoms with E-state index in [1.54, 1.807) is 6.92 Å². The van der Waals surface area contributed by atoms with Crippen molar-refractivity contribution in [2.24, 2.45) is 5.92 Å². The molecule has 0 radical (unpaired) electrons. The molecule has 8 nitrogen and oxygen atoms in total. The average Bonchev–Trinajstić information content (AvgIpc) is 2.45. The van der Waals surface area contributed by atoms with E-state index in [-0.39, 0.29) is 24.8 Å². The summed E-state index contributed by atoms with van der Waals surface area (Å²) in [5.41, 5.74) is 0. The van der Waals surface area contributed by atoms with Gasteiger partial charge in [0, 0.05) is 19.7 Å². The van der Waals surface area contributed by atoms with Gasteiger partial charge >= 0.3 is 5.97 Å². The van der Waals surface area contributed by atoms with E-state index < -0.39 is 21.9 Å². The van der Waals surface area contributed by atoms with Gasteiger partial charge in [-0.2, -0.15) is 0 Å². The van der Waals surface area contributed by atoms with Gasteiger partial charge in [-0.25, -0.2) is 13.1 Å². The van der Waals surface area contributed by atoms with Crippen LogP contribution in [-0.2, 0) is 24.3 Å². The maximum absolute atomic E-state index is 11.9. The van der Waals surface area contributed by atoms with Crippen LogP contribution in [0.25, 0.3) is 0 Å². The highest BCUT2D eigenvalue weighted by molar-refractivity contribution is 7.89. The first-order chi connectivity index (χ1) is 9.85. The van der Waals surface area contributed by atoms with Crippen LogP contribution in [-0.4, -0.2) is 68.9 Å². The highest BCUT2D eigenvalue weighted by Crippen LogP contribution is 2.17. The van der Waals surface area contributed by atoms with Crippen molar-refractivity contribution >= 4 is 21.9 Å². The Labute approximate surface area is 124 Å². The molecule has 1 aliphatic rings. The zero-order valence-corrected chi connectivity index (χ0v) is 12.9. The molecule has 1 amide bonds. The zero-order valence-electron chi connectivity index (χ0n) is 12.1. The third-order valence-electron chi connectivity index (χ3n) is 3.34. The van der Waals surface area contributed by atoms with E-state index in [0.29, 0.717) is 32.5 Å². The van der Waals surface area contributed by atoms with Crippen LogP contribution in [0, 0.1) is 5.92 Å². The van der Waals surface area contributed by atoms with Crippen molar-refractivity contribution in [2.45, 2.75) is 19.8 Å². The molecule has 0 aromatic carbocycles. The number of carbonyl (C=O) groups excluding carboxylic acids is 1. The van der Waals surface area contributed by atoms with E-state index in [0.717, 1.165) is 0 Å². The molecule has 0 aliphatic carbocycles. The molecular formula is C12H22N2O6S. The molecule has 122 valence electrons. The van der Waals surface area contributed by atoms with Crippen LogP contribution in [0.3, 0.4) is 0 Å². The van der Waals surface area contributed by atoms with E-state index in [2.05, 4.69) is 4.72 Å². The third-order valence-corrected chi connectivity index (χ3v) is 4.63. The molecule has 9 heteroatoms. The van der Waals surface area contributed by atoms with E-state index in [4.69, 9.17) is 9.84 Å². The second-order valence-corrected chi connectivity index (χ2v) is 6.76. The number of rotatable bonds is 8. The van der Waals surface area contributed by atoms with Crippen LogP contribution in [0.5, 0.6) is 0 Å². The summed E-state index contributed by atoms with van der Waals surface area (Å²) in [4.78, 5) is 24.2. The van der Waals surface area contributed by atoms with Gasteiger partial charge in [-0.05, 0) is 19.8 Å². The second kappa shape index (κ2) is 8.30. The molecule has 2 N–H and O–H groups in total. The number of carboxylic acids is 1. The minimum atomic E-state index is -3.53. The largest absolute Gasteiger partial charge is 0.481 e. The predicted molar refractivity (Wildman–Crippen MR) is 75.2 cm³/mol. The lowest BCUT2D eigenvalue weighted by Gasteiger charge is -2.30. The van der Waals surface area contributed by atoms with Crippen LogP contribution < -0.4 is 4.72 Å². The van der Waals surface area contributed by atoms with Crippen LogP contribution in [0.4, 0.5) is 0 Å². The molecule has 0 atom stereocenters. The minimum absolute atomic E-state index is 0.0873. The number of likely N-dealkylation sites (tertiary alicyclic amines) is 1. The number of aliphatic carboxylic acids is 1. The van der Waals surface area contributed by atoms with Crippen molar-refractivity contribution < 1.29 is 27.9 Å². The molecule has 0 saturated carbocycles. The summed E-state index contributed by atoms with van der Waals surface area (Å²) in [7, 11) is -3.53. The molecule has 1 saturated heterocycles. The summed E-state index contributed by atoms with van der Waals surface area (Å²) in [6.45, 7) is 2.68. The summed E-state index contributed by atoms with van der Waals surface area (Å²) >= 11 is 0. The summed E-state index contributed by atoms with van der Waals surface area (Å²) in [6.07, 6.45) is 0.802. The van der Waals surface area contributed by atoms with E-state index in [9.17, 15) is 18.0 Å². The maximum atomic E-state index is 11.9. The topological polar surface area (TPSA) is 113 Å². The molecule has 21 heavy (non-hydrogen) atoms. The van der Waals surface area contributed by atoms with Crippen molar-refractivity contribution in [1.82, 2.24) is 9.62 Å². The molecule has 0 spiro atoms. The lowest BCUT2D eigenvalue weighted by atomic mass is 9.97. The molecule has 0 bridgehead atoms. The number of hydrogen-bond donors (Lipinski definition) is 2. The highest BCUT2D eigenvalue weighted by atomic mass is 32.2. The van der Waals surface area contributed by atoms with Gasteiger partial charge in [-0.15, -0.1) is 0 Å². The number of ether oxygens (including phenoxy) is 1. The van der Waals surface area contributed by atoms with Gasteiger partial charge in [0.1, 0.15) is 0 Å². The van der Waals surface area contributed by atoms with Crippen LogP contribution in [0.1, 0.15) is 19.8 Å². The molecule has 0 unspecified atom stereocenters. The fourth-order valence-electron chi connectivity index (χ4n) is 2.04. The third kappa shape index (κ3) is 6.40. The van der Waals surface area contributed by atoms with Gasteiger partial charge in [-0.1, -0.05) is 0 Å². The first-order valence-electron chi connectivity index (χ1n) is 6.91. The molecule has 0 aromatic rings. The van der Waals surface area contributed by atoms with Gasteiger partial charge in [-0.3, -0.25) is 9.59 Å². The summed E-state index contributed by atoms with van der Waals surface area (Å²) < 4.78 is 30.4. The number of carbonyl (C=O) groups is 2. The number of hydrogen-bond acceptors (Lipinski definition) is 5. The zero-order chi connectivity index (χ0) is 15.9. The van der Waals surface area contributed by atoms with Crippen LogP contribution in [0.15, 0.2) is 0 Å². The van der Waals surface area contributed by atoms with E-state index in [1.165, 1.54) is 4.90 Å². The minimum Gasteiger partial charge on any atom is -0.481 e. The van der Waals surface area contributed by atoms with Gasteiger partial charge in [0.2, 0.25) is 15.9 Å². The summed E-state index contributed by atoms with van der Waals surface area (Å²) in [6, 6.07) is 0. The number of carboxylic acid groups (broad SMARTS) is 1. The Morgan fingerprint density at radius 2 is 1.95 bits per heavy atom. The first kappa shape index (κ1) is 17.9. The Morgan fingerprint density at radius 1 is 1.33 bits per heavy atom. The van der Waals surface area contributed by atoms with E-state index >= 15 is 0 Å². The van der Waals surface area contributed by atoms with Crippen LogP contribution >= 0.6 is 0 Å². The second-order valence-electron chi connectivity index (χ2n) is 4.83. The first-order valence-corrected chi connectivity index (χ1v) is 8.56. The van der Waals surface area contributed by atoms with Gasteiger partial charge < -0.3 is 14.7 Å². The smallest absolute Gasteiger partial charge is 0.306 e. The van der Waals surface area contributed by atoms with Crippen molar-refractivity contribution in [3.8, 4) is 0 Å². The van der Waals surface area contributed by atoms with E-state index in [1.807, 2.05) is 0 Å². The number of nitrogens with one attached hydrogen (secondary N) is 1. The molecular weight excluding hydrogens is 300 g/mol. The summed E-state index contributed by atoms with van der Waals surface area (Å²) in [5.74, 6) is -1.79. The van der Waals surface area contributed by atoms with Crippen molar-refractivity contribution in [2.75, 3.05) is 38.6 Å². The summed E-state index contributed by atoms with van der Waals surface area (Å²) in [5, 5.41) is 8.87. The lowest BCUT2D eigenvalue weighted by molar-refractivity contribution is -0.145. The number of piperidine rings is 1. The molecule has 1 heterocycles. The Bertz CT molecular complexity index is 456. The molecule has 1 aliphatic heterocycles. The Balaban J connectivity index is 2.33. The quantitative estimate of drug-likeness (QED) is 0.569. The van der Waals surface area contributed by atoms with Gasteiger partial charge in [0.05, 0.1) is 24.8 Å². The van der Waals surface area contributed by atoms with Crippen molar-refractivity contribution in [1.29, 1.82) is 0 Å². The highest BCUT2D eigenvalue weighted by Gasteiger charge is 2.27. The Morgan fingerprint density at radius 3 is 2.48 bits per heavy atom. The molecule has 1 fully saturated rings. The van der Waals surface area contributed by atoms with Crippen molar-refractivity contribution in [3.05, 3.63) is 0 Å². The maximum Gasteiger partial charge on any atom is 0.306 e. The van der Waals surface area contributed by atoms with Crippen molar-refractivity contribution in [3.63, 3.8) is 0 Å². The Kier molecular flexibility index (Phi) is 7.06. The fraction of sp³-hybridized carbons (Fsp3) is 0.833. The molecule has 0 aromatic heterocycles. The monoisotopic (exact) mass is 322 g/mol. The number of nitrogens with zero attached hydrogens (tertiary/aromatic N) is 1.